The Balaban J connectivity index is 1.59. The number of carboxylic acids is 1. The first-order chi connectivity index (χ1) is 21.3. The summed E-state index contributed by atoms with van der Waals surface area (Å²) in [5.74, 6) is 0.502. The second-order valence-electron chi connectivity index (χ2n) is 12.9. The number of nitrogens with zero attached hydrogens (tertiary/aromatic N) is 3. The van der Waals surface area contributed by atoms with Crippen LogP contribution in [0.25, 0.3) is 22.0 Å². The van der Waals surface area contributed by atoms with Gasteiger partial charge in [-0.15, -0.1) is 11.8 Å². The maximum atomic E-state index is 12.4. The molecule has 0 fully saturated rings. The van der Waals surface area contributed by atoms with Crippen LogP contribution in [0.2, 0.25) is 0 Å². The third-order valence-corrected chi connectivity index (χ3v) is 8.95. The number of methoxy groups -OCH3 is 1. The Hall–Kier alpha value is -4.30. The molecule has 0 spiro atoms. The fourth-order valence-electron chi connectivity index (χ4n) is 5.24. The summed E-state index contributed by atoms with van der Waals surface area (Å²) in [5, 5.41) is 11.2. The Morgan fingerprint density at radius 3 is 2.29 bits per heavy atom. The first-order valence-corrected chi connectivity index (χ1v) is 15.9. The number of aliphatic carboxylic acids is 1. The zero-order chi connectivity index (χ0) is 32.4. The Kier molecular flexibility index (Phi) is 9.26. The van der Waals surface area contributed by atoms with E-state index in [2.05, 4.69) is 71.7 Å². The van der Waals surface area contributed by atoms with E-state index in [0.717, 1.165) is 49.6 Å². The van der Waals surface area contributed by atoms with E-state index < -0.39 is 11.4 Å². The van der Waals surface area contributed by atoms with Crippen molar-refractivity contribution >= 4 is 28.6 Å². The Labute approximate surface area is 269 Å². The van der Waals surface area contributed by atoms with Crippen LogP contribution < -0.4 is 9.47 Å². The molecular formula is C37H41N3O4S. The molecule has 0 aliphatic rings. The molecule has 45 heavy (non-hydrogen) atoms. The summed E-state index contributed by atoms with van der Waals surface area (Å²) in [5.41, 5.74) is 5.13. The number of carbonyl (C=O) groups is 1. The summed E-state index contributed by atoms with van der Waals surface area (Å²) in [7, 11) is 1.61. The molecule has 0 unspecified atom stereocenters. The van der Waals surface area contributed by atoms with Crippen LogP contribution in [0, 0.1) is 5.41 Å². The second-order valence-corrected chi connectivity index (χ2v) is 14.8. The topological polar surface area (TPSA) is 86.5 Å². The summed E-state index contributed by atoms with van der Waals surface area (Å²) < 4.78 is 13.8. The highest BCUT2D eigenvalue weighted by molar-refractivity contribution is 8.00. The number of benzene rings is 2. The van der Waals surface area contributed by atoms with Gasteiger partial charge in [-0.25, -0.2) is 4.98 Å². The van der Waals surface area contributed by atoms with Gasteiger partial charge in [0.25, 0.3) is 0 Å². The van der Waals surface area contributed by atoms with Gasteiger partial charge >= 0.3 is 5.97 Å². The van der Waals surface area contributed by atoms with Gasteiger partial charge in [0.1, 0.15) is 11.9 Å². The van der Waals surface area contributed by atoms with Crippen LogP contribution in [-0.2, 0) is 17.8 Å². The summed E-state index contributed by atoms with van der Waals surface area (Å²) >= 11 is 1.77. The predicted octanol–water partition coefficient (Wildman–Crippen LogP) is 8.84. The number of hydrogen-bond acceptors (Lipinski definition) is 6. The minimum atomic E-state index is -0.961. The van der Waals surface area contributed by atoms with Crippen LogP contribution in [-0.4, -0.2) is 37.5 Å². The average molecular weight is 624 g/mol. The third kappa shape index (κ3) is 7.51. The fourth-order valence-corrected chi connectivity index (χ4v) is 6.42. The van der Waals surface area contributed by atoms with Crippen molar-refractivity contribution in [2.75, 3.05) is 7.11 Å². The molecule has 5 rings (SSSR count). The lowest BCUT2D eigenvalue weighted by Crippen LogP contribution is -2.28. The van der Waals surface area contributed by atoms with Crippen LogP contribution in [0.5, 0.6) is 11.6 Å². The van der Waals surface area contributed by atoms with Crippen molar-refractivity contribution in [2.45, 2.75) is 70.3 Å². The first-order valence-electron chi connectivity index (χ1n) is 15.1. The predicted molar refractivity (Wildman–Crippen MR) is 181 cm³/mol. The summed E-state index contributed by atoms with van der Waals surface area (Å²) in [4.78, 5) is 22.3. The molecule has 3 aromatic heterocycles. The first kappa shape index (κ1) is 32.1. The quantitative estimate of drug-likeness (QED) is 0.147. The van der Waals surface area contributed by atoms with Gasteiger partial charge in [-0.1, -0.05) is 51.1 Å². The third-order valence-electron chi connectivity index (χ3n) is 7.68. The molecule has 1 atom stereocenters. The van der Waals surface area contributed by atoms with Crippen LogP contribution in [0.3, 0.4) is 0 Å². The van der Waals surface area contributed by atoms with E-state index >= 15 is 0 Å². The summed E-state index contributed by atoms with van der Waals surface area (Å²) in [6.45, 7) is 12.7. The minimum absolute atomic E-state index is 0.104. The van der Waals surface area contributed by atoms with Crippen molar-refractivity contribution in [1.29, 1.82) is 0 Å². The monoisotopic (exact) mass is 623 g/mol. The molecule has 0 aliphatic carbocycles. The van der Waals surface area contributed by atoms with Gasteiger partial charge in [-0.2, -0.15) is 0 Å². The highest BCUT2D eigenvalue weighted by atomic mass is 32.2. The number of ether oxygens (including phenoxy) is 2. The molecule has 0 radical (unpaired) electrons. The van der Waals surface area contributed by atoms with Gasteiger partial charge in [0.15, 0.2) is 0 Å². The van der Waals surface area contributed by atoms with Crippen molar-refractivity contribution < 1.29 is 19.4 Å². The molecule has 0 amide bonds. The highest BCUT2D eigenvalue weighted by Gasteiger charge is 2.33. The van der Waals surface area contributed by atoms with E-state index in [1.54, 1.807) is 38.9 Å². The summed E-state index contributed by atoms with van der Waals surface area (Å²) in [6, 6.07) is 24.3. The van der Waals surface area contributed by atoms with Crippen molar-refractivity contribution in [1.82, 2.24) is 14.5 Å². The number of rotatable bonds is 11. The lowest BCUT2D eigenvalue weighted by Gasteiger charge is -2.24. The number of pyridine rings is 2. The average Bonchev–Trinajstić information content (AvgIpc) is 3.27. The van der Waals surface area contributed by atoms with Crippen molar-refractivity contribution in [3.8, 4) is 22.8 Å². The van der Waals surface area contributed by atoms with E-state index in [1.165, 1.54) is 0 Å². The Morgan fingerprint density at radius 2 is 1.69 bits per heavy atom. The zero-order valence-corrected chi connectivity index (χ0v) is 27.8. The molecule has 2 aromatic carbocycles. The number of fused-ring (bicyclic) bond motifs is 1. The van der Waals surface area contributed by atoms with Crippen molar-refractivity contribution in [3.05, 3.63) is 102 Å². The smallest absolute Gasteiger partial charge is 0.309 e. The van der Waals surface area contributed by atoms with Crippen LogP contribution in [0.1, 0.15) is 64.6 Å². The molecule has 0 aliphatic heterocycles. The standard InChI is InChI=1S/C37H41N3O4S/c1-24(30-10-8-9-19-38-30)44-28-16-17-31-29(20-28)34(45-36(2,3)4)32(21-37(5,6)35(41)42)40(31)23-25-11-13-26(14-12-25)27-15-18-33(43-7)39-22-27/h8-20,22,24H,21,23H2,1-7H3,(H,41,42)/t24-/m1/s1. The second kappa shape index (κ2) is 13.0. The van der Waals surface area contributed by atoms with Crippen LogP contribution >= 0.6 is 11.8 Å². The van der Waals surface area contributed by atoms with Crippen molar-refractivity contribution in [3.63, 3.8) is 0 Å². The maximum Gasteiger partial charge on any atom is 0.309 e. The molecule has 7 nitrogen and oxygen atoms in total. The number of aromatic nitrogens is 3. The lowest BCUT2D eigenvalue weighted by molar-refractivity contribution is -0.146. The Bertz CT molecular complexity index is 1770. The van der Waals surface area contributed by atoms with Gasteiger partial charge in [0.05, 0.1) is 18.2 Å². The zero-order valence-electron chi connectivity index (χ0n) is 27.0. The molecule has 3 heterocycles. The van der Waals surface area contributed by atoms with E-state index in [-0.39, 0.29) is 10.9 Å². The van der Waals surface area contributed by atoms with E-state index in [9.17, 15) is 9.90 Å². The highest BCUT2D eigenvalue weighted by Crippen LogP contribution is 2.44. The van der Waals surface area contributed by atoms with Crippen LogP contribution in [0.15, 0.2) is 90.1 Å². The van der Waals surface area contributed by atoms with Gasteiger partial charge in [-0.3, -0.25) is 9.78 Å². The van der Waals surface area contributed by atoms with Gasteiger partial charge in [-0.05, 0) is 68.3 Å². The minimum Gasteiger partial charge on any atom is -0.484 e. The molecule has 8 heteroatoms. The number of thioether (sulfide) groups is 1. The fraction of sp³-hybridized carbons (Fsp3) is 0.324. The van der Waals surface area contributed by atoms with E-state index in [0.29, 0.717) is 18.8 Å². The van der Waals surface area contributed by atoms with Gasteiger partial charge in [0.2, 0.25) is 5.88 Å². The molecule has 0 bridgehead atoms. The maximum absolute atomic E-state index is 12.4. The molecule has 1 N–H and O–H groups in total. The largest absolute Gasteiger partial charge is 0.484 e. The number of carboxylic acid groups (broad SMARTS) is 1. The lowest BCUT2D eigenvalue weighted by atomic mass is 9.88. The molecule has 0 saturated carbocycles. The normalized spacial score (nSPS) is 12.7. The van der Waals surface area contributed by atoms with Crippen LogP contribution in [0.4, 0.5) is 0 Å². The van der Waals surface area contributed by atoms with Gasteiger partial charge in [0, 0.05) is 63.2 Å². The van der Waals surface area contributed by atoms with E-state index in [1.807, 2.05) is 49.5 Å². The van der Waals surface area contributed by atoms with Crippen molar-refractivity contribution in [2.24, 2.45) is 5.41 Å². The molecule has 5 aromatic rings. The Morgan fingerprint density at radius 1 is 0.956 bits per heavy atom. The molecule has 234 valence electrons. The molecular weight excluding hydrogens is 582 g/mol. The van der Waals surface area contributed by atoms with Gasteiger partial charge < -0.3 is 19.1 Å². The van der Waals surface area contributed by atoms with E-state index in [4.69, 9.17) is 9.47 Å². The summed E-state index contributed by atoms with van der Waals surface area (Å²) in [6.07, 6.45) is 3.73. The number of hydrogen-bond donors (Lipinski definition) is 1. The SMILES string of the molecule is COc1ccc(-c2ccc(Cn3c(CC(C)(C)C(=O)O)c(SC(C)(C)C)c4cc(O[C@H](C)c5ccccn5)ccc43)cc2)cn1. The molecule has 0 saturated heterocycles.